The van der Waals surface area contributed by atoms with Crippen LogP contribution in [0.5, 0.6) is 0 Å². The van der Waals surface area contributed by atoms with E-state index in [9.17, 15) is 9.59 Å². The van der Waals surface area contributed by atoms with E-state index in [1.165, 1.54) is 13.1 Å². The fraction of sp³-hybridized carbons (Fsp3) is 0.538. The van der Waals surface area contributed by atoms with Gasteiger partial charge in [0, 0.05) is 7.05 Å². The summed E-state index contributed by atoms with van der Waals surface area (Å²) in [4.78, 5) is 26.6. The van der Waals surface area contributed by atoms with Crippen LogP contribution in [0.3, 0.4) is 0 Å². The first-order chi connectivity index (χ1) is 9.14. The van der Waals surface area contributed by atoms with Crippen molar-refractivity contribution < 1.29 is 9.59 Å². The highest BCUT2D eigenvalue weighted by Gasteiger charge is 2.26. The van der Waals surface area contributed by atoms with Crippen LogP contribution in [0.1, 0.15) is 37.7 Å². The maximum Gasteiger partial charge on any atom is 0.268 e. The van der Waals surface area contributed by atoms with E-state index in [-0.39, 0.29) is 27.2 Å². The Labute approximate surface area is 128 Å². The van der Waals surface area contributed by atoms with Crippen LogP contribution >= 0.6 is 23.2 Å². The molecule has 5 nitrogen and oxygen atoms in total. The number of carbonyl (C=O) groups is 2. The van der Waals surface area contributed by atoms with E-state index >= 15 is 0 Å². The molecule has 1 aromatic heterocycles. The molecule has 0 aliphatic rings. The third-order valence-corrected chi connectivity index (χ3v) is 3.35. The van der Waals surface area contributed by atoms with Gasteiger partial charge in [-0.3, -0.25) is 9.59 Å². The molecule has 7 heteroatoms. The van der Waals surface area contributed by atoms with Crippen LogP contribution in [0.2, 0.25) is 10.2 Å². The Morgan fingerprint density at radius 3 is 2.35 bits per heavy atom. The Bertz CT molecular complexity index is 487. The van der Waals surface area contributed by atoms with Crippen LogP contribution < -0.4 is 10.6 Å². The molecular weight excluding hydrogens is 301 g/mol. The van der Waals surface area contributed by atoms with Gasteiger partial charge in [0.15, 0.2) is 0 Å². The molecule has 1 heterocycles. The summed E-state index contributed by atoms with van der Waals surface area (Å²) in [5, 5.41) is 5.69. The zero-order chi connectivity index (χ0) is 15.5. The Hall–Kier alpha value is -1.20. The van der Waals surface area contributed by atoms with Gasteiger partial charge in [-0.05, 0) is 17.9 Å². The molecule has 0 bridgehead atoms. The molecule has 0 saturated heterocycles. The first-order valence-corrected chi connectivity index (χ1v) is 6.96. The van der Waals surface area contributed by atoms with Gasteiger partial charge in [0.1, 0.15) is 16.9 Å². The summed E-state index contributed by atoms with van der Waals surface area (Å²) in [5.41, 5.74) is 0.123. The minimum atomic E-state index is -0.617. The summed E-state index contributed by atoms with van der Waals surface area (Å²) in [6.45, 7) is 5.99. The van der Waals surface area contributed by atoms with Crippen molar-refractivity contribution in [2.24, 2.45) is 5.41 Å². The summed E-state index contributed by atoms with van der Waals surface area (Å²) in [5.74, 6) is -0.659. The van der Waals surface area contributed by atoms with E-state index in [0.29, 0.717) is 6.42 Å². The zero-order valence-electron chi connectivity index (χ0n) is 11.9. The van der Waals surface area contributed by atoms with Crippen molar-refractivity contribution in [3.63, 3.8) is 0 Å². The number of nitrogens with one attached hydrogen (secondary N) is 3. The molecule has 20 heavy (non-hydrogen) atoms. The maximum atomic E-state index is 12.1. The lowest BCUT2D eigenvalue weighted by Crippen LogP contribution is -2.47. The number of aromatic amines is 1. The van der Waals surface area contributed by atoms with E-state index in [1.807, 2.05) is 20.8 Å². The minimum Gasteiger partial charge on any atom is -0.357 e. The van der Waals surface area contributed by atoms with Crippen LogP contribution in [0, 0.1) is 5.41 Å². The molecule has 0 spiro atoms. The predicted octanol–water partition coefficient (Wildman–Crippen LogP) is 2.60. The second-order valence-electron chi connectivity index (χ2n) is 5.75. The zero-order valence-corrected chi connectivity index (χ0v) is 13.4. The number of hydrogen-bond donors (Lipinski definition) is 3. The topological polar surface area (TPSA) is 74.0 Å². The molecular formula is C13H19Cl2N3O2. The number of amides is 2. The standard InChI is InChI=1S/C13H19Cl2N3O2/c1-13(2,3)6-9(11(19)16-4)18-12(20)8-5-7(14)10(15)17-8/h5,9,17H,6H2,1-4H3,(H,16,19)(H,18,20)/t9-/m0/s1. The van der Waals surface area contributed by atoms with Gasteiger partial charge in [0.25, 0.3) is 5.91 Å². The van der Waals surface area contributed by atoms with Crippen molar-refractivity contribution in [3.05, 3.63) is 21.9 Å². The van der Waals surface area contributed by atoms with Gasteiger partial charge >= 0.3 is 0 Å². The summed E-state index contributed by atoms with van der Waals surface area (Å²) >= 11 is 11.5. The predicted molar refractivity (Wildman–Crippen MR) is 80.2 cm³/mol. The first-order valence-electron chi connectivity index (χ1n) is 6.20. The second kappa shape index (κ2) is 6.50. The second-order valence-corrected chi connectivity index (χ2v) is 6.54. The van der Waals surface area contributed by atoms with Crippen LogP contribution in [0.15, 0.2) is 6.07 Å². The van der Waals surface area contributed by atoms with Gasteiger partial charge in [0.2, 0.25) is 5.91 Å². The van der Waals surface area contributed by atoms with Crippen LogP contribution in [0.4, 0.5) is 0 Å². The Morgan fingerprint density at radius 2 is 1.95 bits per heavy atom. The molecule has 0 aliphatic carbocycles. The molecule has 0 aliphatic heterocycles. The highest BCUT2D eigenvalue weighted by atomic mass is 35.5. The third kappa shape index (κ3) is 4.72. The van der Waals surface area contributed by atoms with Gasteiger partial charge in [-0.1, -0.05) is 44.0 Å². The number of likely N-dealkylation sites (N-methyl/N-ethyl adjacent to an activating group) is 1. The highest BCUT2D eigenvalue weighted by Crippen LogP contribution is 2.23. The number of aromatic nitrogens is 1. The van der Waals surface area contributed by atoms with Crippen molar-refractivity contribution in [1.82, 2.24) is 15.6 Å². The average Bonchev–Trinajstić information content (AvgIpc) is 2.66. The van der Waals surface area contributed by atoms with Crippen molar-refractivity contribution >= 4 is 35.0 Å². The van der Waals surface area contributed by atoms with Crippen LogP contribution in [0.25, 0.3) is 0 Å². The number of carbonyl (C=O) groups excluding carboxylic acids is 2. The fourth-order valence-electron chi connectivity index (χ4n) is 1.76. The average molecular weight is 320 g/mol. The third-order valence-electron chi connectivity index (χ3n) is 2.65. The normalized spacial score (nSPS) is 12.9. The molecule has 0 radical (unpaired) electrons. The molecule has 1 atom stereocenters. The van der Waals surface area contributed by atoms with E-state index < -0.39 is 11.9 Å². The van der Waals surface area contributed by atoms with Crippen molar-refractivity contribution in [2.45, 2.75) is 33.2 Å². The largest absolute Gasteiger partial charge is 0.357 e. The first kappa shape index (κ1) is 16.9. The molecule has 1 aromatic rings. The Morgan fingerprint density at radius 1 is 1.35 bits per heavy atom. The number of hydrogen-bond acceptors (Lipinski definition) is 2. The van der Waals surface area contributed by atoms with E-state index in [4.69, 9.17) is 23.2 Å². The summed E-state index contributed by atoms with van der Waals surface area (Å²) in [6, 6.07) is 0.811. The molecule has 3 N–H and O–H groups in total. The molecule has 0 saturated carbocycles. The van der Waals surface area contributed by atoms with Crippen LogP contribution in [-0.4, -0.2) is 29.9 Å². The summed E-state index contributed by atoms with van der Waals surface area (Å²) < 4.78 is 0. The SMILES string of the molecule is CNC(=O)[C@H](CC(C)(C)C)NC(=O)c1cc(Cl)c(Cl)[nH]1. The van der Waals surface area contributed by atoms with E-state index in [1.54, 1.807) is 0 Å². The molecule has 0 unspecified atom stereocenters. The van der Waals surface area contributed by atoms with Gasteiger partial charge in [-0.2, -0.15) is 0 Å². The van der Waals surface area contributed by atoms with E-state index in [0.717, 1.165) is 0 Å². The Kier molecular flexibility index (Phi) is 5.48. The Balaban J connectivity index is 2.84. The van der Waals surface area contributed by atoms with E-state index in [2.05, 4.69) is 15.6 Å². The fourth-order valence-corrected chi connectivity index (χ4v) is 2.07. The van der Waals surface area contributed by atoms with Gasteiger partial charge in [-0.15, -0.1) is 0 Å². The lowest BCUT2D eigenvalue weighted by Gasteiger charge is -2.25. The van der Waals surface area contributed by atoms with Gasteiger partial charge in [-0.25, -0.2) is 0 Å². The highest BCUT2D eigenvalue weighted by molar-refractivity contribution is 6.41. The van der Waals surface area contributed by atoms with Gasteiger partial charge < -0.3 is 15.6 Å². The number of halogens is 2. The lowest BCUT2D eigenvalue weighted by atomic mass is 9.87. The molecule has 0 fully saturated rings. The van der Waals surface area contributed by atoms with Gasteiger partial charge in [0.05, 0.1) is 5.02 Å². The summed E-state index contributed by atoms with van der Waals surface area (Å²) in [6.07, 6.45) is 0.514. The quantitative estimate of drug-likeness (QED) is 0.798. The molecule has 1 rings (SSSR count). The maximum absolute atomic E-state index is 12.1. The van der Waals surface area contributed by atoms with Crippen molar-refractivity contribution in [3.8, 4) is 0 Å². The monoisotopic (exact) mass is 319 g/mol. The summed E-state index contributed by atoms with van der Waals surface area (Å²) in [7, 11) is 1.53. The van der Waals surface area contributed by atoms with Crippen LogP contribution in [-0.2, 0) is 4.79 Å². The molecule has 2 amide bonds. The van der Waals surface area contributed by atoms with Crippen molar-refractivity contribution in [1.29, 1.82) is 0 Å². The molecule has 0 aromatic carbocycles. The number of rotatable bonds is 4. The smallest absolute Gasteiger partial charge is 0.268 e. The minimum absolute atomic E-state index is 0.102. The lowest BCUT2D eigenvalue weighted by molar-refractivity contribution is -0.123. The number of H-pyrrole nitrogens is 1. The van der Waals surface area contributed by atoms with Crippen molar-refractivity contribution in [2.75, 3.05) is 7.05 Å². The molecule has 112 valence electrons.